The van der Waals surface area contributed by atoms with Crippen LogP contribution in [0.4, 0.5) is 0 Å². The van der Waals surface area contributed by atoms with Crippen LogP contribution in [-0.4, -0.2) is 48.8 Å². The molecule has 1 fully saturated rings. The summed E-state index contributed by atoms with van der Waals surface area (Å²) in [4.78, 5) is 20.1. The number of Topliss-reactive ketones (excluding diaryl/α,β-unsaturated/α-hetero) is 1. The van der Waals surface area contributed by atoms with Crippen molar-refractivity contribution in [2.45, 2.75) is 15.8 Å². The lowest BCUT2D eigenvalue weighted by Crippen LogP contribution is -2.47. The van der Waals surface area contributed by atoms with E-state index in [-0.39, 0.29) is 11.8 Å². The van der Waals surface area contributed by atoms with Crippen LogP contribution in [-0.2, 0) is 0 Å². The first-order valence-electron chi connectivity index (χ1n) is 8.16. The van der Waals surface area contributed by atoms with E-state index in [1.807, 2.05) is 42.5 Å². The van der Waals surface area contributed by atoms with E-state index in [4.69, 9.17) is 11.6 Å². The molecular weight excluding hydrogens is 340 g/mol. The van der Waals surface area contributed by atoms with Crippen molar-refractivity contribution in [3.63, 3.8) is 0 Å². The molecule has 0 saturated carbocycles. The predicted molar refractivity (Wildman–Crippen MR) is 98.2 cm³/mol. The standard InChI is InChI=1S/C19H19ClN2OS/c1-21-8-10-22(11-9-21)18-15-12-13(20)6-7-17(15)24-16-5-3-2-4-14(16)19(18)23/h2-7,12,18H,8-11H2,1H3. The molecule has 124 valence electrons. The van der Waals surface area contributed by atoms with Crippen LogP contribution in [0.3, 0.4) is 0 Å². The van der Waals surface area contributed by atoms with Gasteiger partial charge in [0.05, 0.1) is 0 Å². The first-order chi connectivity index (χ1) is 11.6. The Labute approximate surface area is 151 Å². The zero-order valence-corrected chi connectivity index (χ0v) is 15.1. The highest BCUT2D eigenvalue weighted by Gasteiger charge is 2.35. The van der Waals surface area contributed by atoms with Crippen LogP contribution in [0.1, 0.15) is 22.0 Å². The molecule has 0 amide bonds. The molecule has 1 unspecified atom stereocenters. The van der Waals surface area contributed by atoms with E-state index in [2.05, 4.69) is 16.8 Å². The number of hydrogen-bond donors (Lipinski definition) is 0. The molecule has 4 rings (SSSR count). The summed E-state index contributed by atoms with van der Waals surface area (Å²) in [5, 5.41) is 0.687. The van der Waals surface area contributed by atoms with Gasteiger partial charge in [-0.3, -0.25) is 9.69 Å². The number of piperazine rings is 1. The van der Waals surface area contributed by atoms with Crippen LogP contribution in [0, 0.1) is 0 Å². The van der Waals surface area contributed by atoms with Crippen molar-refractivity contribution < 1.29 is 4.79 Å². The maximum atomic E-state index is 13.4. The largest absolute Gasteiger partial charge is 0.304 e. The Morgan fingerprint density at radius 3 is 2.58 bits per heavy atom. The summed E-state index contributed by atoms with van der Waals surface area (Å²) in [5.41, 5.74) is 1.86. The highest BCUT2D eigenvalue weighted by Crippen LogP contribution is 2.43. The Kier molecular flexibility index (Phi) is 4.39. The smallest absolute Gasteiger partial charge is 0.185 e. The molecule has 2 aromatic rings. The van der Waals surface area contributed by atoms with E-state index in [1.54, 1.807) is 11.8 Å². The predicted octanol–water partition coefficient (Wildman–Crippen LogP) is 3.98. The SMILES string of the molecule is CN1CCN(C2C(=O)c3ccccc3Sc3ccc(Cl)cc32)CC1. The Morgan fingerprint density at radius 1 is 1.04 bits per heavy atom. The van der Waals surface area contributed by atoms with E-state index in [0.717, 1.165) is 47.1 Å². The molecule has 1 saturated heterocycles. The number of fused-ring (bicyclic) bond motifs is 2. The van der Waals surface area contributed by atoms with Crippen LogP contribution in [0.5, 0.6) is 0 Å². The number of hydrogen-bond acceptors (Lipinski definition) is 4. The Morgan fingerprint density at radius 2 is 1.79 bits per heavy atom. The van der Waals surface area contributed by atoms with Gasteiger partial charge in [-0.05, 0) is 36.9 Å². The Balaban J connectivity index is 1.84. The van der Waals surface area contributed by atoms with E-state index >= 15 is 0 Å². The molecule has 0 aliphatic carbocycles. The molecular formula is C19H19ClN2OS. The molecule has 5 heteroatoms. The number of carbonyl (C=O) groups is 1. The number of nitrogens with zero attached hydrogens (tertiary/aromatic N) is 2. The second-order valence-electron chi connectivity index (χ2n) is 6.39. The normalized spacial score (nSPS) is 21.9. The highest BCUT2D eigenvalue weighted by atomic mass is 35.5. The molecule has 1 atom stereocenters. The van der Waals surface area contributed by atoms with Gasteiger partial charge in [0.2, 0.25) is 0 Å². The van der Waals surface area contributed by atoms with E-state index < -0.39 is 0 Å². The molecule has 2 heterocycles. The Hall–Kier alpha value is -1.33. The van der Waals surface area contributed by atoms with Gasteiger partial charge in [0, 0.05) is 46.6 Å². The number of rotatable bonds is 1. The monoisotopic (exact) mass is 358 g/mol. The van der Waals surface area contributed by atoms with Crippen molar-refractivity contribution in [2.75, 3.05) is 33.2 Å². The summed E-state index contributed by atoms with van der Waals surface area (Å²) in [6.07, 6.45) is 0. The third kappa shape index (κ3) is 2.88. The van der Waals surface area contributed by atoms with Crippen LogP contribution < -0.4 is 0 Å². The second-order valence-corrected chi connectivity index (χ2v) is 7.91. The van der Waals surface area contributed by atoms with Gasteiger partial charge >= 0.3 is 0 Å². The van der Waals surface area contributed by atoms with Crippen molar-refractivity contribution in [2.24, 2.45) is 0 Å². The van der Waals surface area contributed by atoms with Gasteiger partial charge in [-0.15, -0.1) is 0 Å². The minimum Gasteiger partial charge on any atom is -0.304 e. The molecule has 3 nitrogen and oxygen atoms in total. The number of carbonyl (C=O) groups excluding carboxylic acids is 1. The van der Waals surface area contributed by atoms with Crippen molar-refractivity contribution in [3.05, 3.63) is 58.6 Å². The van der Waals surface area contributed by atoms with E-state index in [9.17, 15) is 4.79 Å². The summed E-state index contributed by atoms with van der Waals surface area (Å²) in [7, 11) is 2.13. The van der Waals surface area contributed by atoms with Gasteiger partial charge in [0.1, 0.15) is 6.04 Å². The van der Waals surface area contributed by atoms with Crippen LogP contribution in [0.25, 0.3) is 0 Å². The van der Waals surface area contributed by atoms with Crippen molar-refractivity contribution >= 4 is 29.1 Å². The van der Waals surface area contributed by atoms with Crippen molar-refractivity contribution in [3.8, 4) is 0 Å². The summed E-state index contributed by atoms with van der Waals surface area (Å²) in [5.74, 6) is 0.184. The summed E-state index contributed by atoms with van der Waals surface area (Å²) < 4.78 is 0. The molecule has 2 aliphatic heterocycles. The minimum atomic E-state index is -0.247. The van der Waals surface area contributed by atoms with E-state index in [1.165, 1.54) is 0 Å². The third-order valence-electron chi connectivity index (χ3n) is 4.79. The summed E-state index contributed by atoms with van der Waals surface area (Å²) >= 11 is 7.94. The summed E-state index contributed by atoms with van der Waals surface area (Å²) in [6.45, 7) is 3.75. The zero-order valence-electron chi connectivity index (χ0n) is 13.5. The van der Waals surface area contributed by atoms with Crippen LogP contribution in [0.2, 0.25) is 5.02 Å². The zero-order chi connectivity index (χ0) is 16.7. The number of halogens is 1. The fourth-order valence-corrected chi connectivity index (χ4v) is 4.70. The van der Waals surface area contributed by atoms with Gasteiger partial charge < -0.3 is 4.90 Å². The van der Waals surface area contributed by atoms with Crippen molar-refractivity contribution in [1.29, 1.82) is 0 Å². The lowest BCUT2D eigenvalue weighted by molar-refractivity contribution is 0.0698. The number of ketones is 1. The van der Waals surface area contributed by atoms with Gasteiger partial charge in [-0.25, -0.2) is 0 Å². The average Bonchev–Trinajstić information content (AvgIpc) is 2.70. The topological polar surface area (TPSA) is 23.6 Å². The van der Waals surface area contributed by atoms with Gasteiger partial charge in [-0.2, -0.15) is 0 Å². The Bertz CT molecular complexity index is 787. The maximum absolute atomic E-state index is 13.4. The molecule has 0 bridgehead atoms. The maximum Gasteiger partial charge on any atom is 0.185 e. The van der Waals surface area contributed by atoms with Crippen LogP contribution >= 0.6 is 23.4 Å². The lowest BCUT2D eigenvalue weighted by atomic mass is 9.95. The number of benzene rings is 2. The van der Waals surface area contributed by atoms with Crippen LogP contribution in [0.15, 0.2) is 52.3 Å². The average molecular weight is 359 g/mol. The molecule has 0 N–H and O–H groups in total. The molecule has 0 aromatic heterocycles. The van der Waals surface area contributed by atoms with Gasteiger partial charge in [0.25, 0.3) is 0 Å². The van der Waals surface area contributed by atoms with Crippen molar-refractivity contribution in [1.82, 2.24) is 9.80 Å². The van der Waals surface area contributed by atoms with E-state index in [0.29, 0.717) is 5.02 Å². The first-order valence-corrected chi connectivity index (χ1v) is 9.36. The molecule has 2 aliphatic rings. The quantitative estimate of drug-likeness (QED) is 0.769. The second kappa shape index (κ2) is 6.52. The molecule has 2 aromatic carbocycles. The van der Waals surface area contributed by atoms with Gasteiger partial charge in [0.15, 0.2) is 5.78 Å². The first kappa shape index (κ1) is 16.2. The molecule has 0 radical (unpaired) electrons. The number of likely N-dealkylation sites (N-methyl/N-ethyl adjacent to an activating group) is 1. The molecule has 0 spiro atoms. The molecule has 24 heavy (non-hydrogen) atoms. The summed E-state index contributed by atoms with van der Waals surface area (Å²) in [6, 6.07) is 13.6. The highest BCUT2D eigenvalue weighted by molar-refractivity contribution is 7.99. The lowest BCUT2D eigenvalue weighted by Gasteiger charge is -2.37. The van der Waals surface area contributed by atoms with Gasteiger partial charge in [-0.1, -0.05) is 41.6 Å². The minimum absolute atomic E-state index is 0.184. The third-order valence-corrected chi connectivity index (χ3v) is 6.19. The fraction of sp³-hybridized carbons (Fsp3) is 0.316. The fourth-order valence-electron chi connectivity index (χ4n) is 3.43.